The highest BCUT2D eigenvalue weighted by atomic mass is 35.5. The molecular formula is C14H18ClF2NO. The van der Waals surface area contributed by atoms with Crippen LogP contribution in [0.15, 0.2) is 18.2 Å². The van der Waals surface area contributed by atoms with Crippen molar-refractivity contribution in [2.75, 3.05) is 5.88 Å². The first kappa shape index (κ1) is 15.9. The van der Waals surface area contributed by atoms with Gasteiger partial charge in [0.05, 0.1) is 6.42 Å². The van der Waals surface area contributed by atoms with E-state index in [0.717, 1.165) is 18.6 Å². The second-order valence-corrected chi connectivity index (χ2v) is 5.20. The molecule has 1 rings (SSSR count). The minimum absolute atomic E-state index is 0.0229. The van der Waals surface area contributed by atoms with E-state index in [9.17, 15) is 13.6 Å². The van der Waals surface area contributed by atoms with Gasteiger partial charge in [-0.25, -0.2) is 8.78 Å². The van der Waals surface area contributed by atoms with Crippen LogP contribution in [0.5, 0.6) is 0 Å². The number of amides is 1. The van der Waals surface area contributed by atoms with E-state index in [1.54, 1.807) is 0 Å². The zero-order chi connectivity index (χ0) is 14.5. The molecule has 1 aromatic carbocycles. The maximum absolute atomic E-state index is 13.0. The molecule has 0 saturated carbocycles. The van der Waals surface area contributed by atoms with E-state index >= 15 is 0 Å². The van der Waals surface area contributed by atoms with Gasteiger partial charge in [-0.1, -0.05) is 13.0 Å². The lowest BCUT2D eigenvalue weighted by molar-refractivity contribution is -0.122. The maximum atomic E-state index is 13.0. The van der Waals surface area contributed by atoms with Crippen LogP contribution in [0.25, 0.3) is 0 Å². The van der Waals surface area contributed by atoms with Crippen molar-refractivity contribution in [2.24, 2.45) is 0 Å². The van der Waals surface area contributed by atoms with E-state index in [1.807, 2.05) is 13.8 Å². The number of alkyl halides is 1. The van der Waals surface area contributed by atoms with Gasteiger partial charge < -0.3 is 5.32 Å². The van der Waals surface area contributed by atoms with Crippen LogP contribution in [0.2, 0.25) is 0 Å². The third-order valence-electron chi connectivity index (χ3n) is 3.22. The molecule has 0 aromatic heterocycles. The Morgan fingerprint density at radius 2 is 2.05 bits per heavy atom. The Labute approximate surface area is 117 Å². The van der Waals surface area contributed by atoms with Gasteiger partial charge in [-0.2, -0.15) is 0 Å². The van der Waals surface area contributed by atoms with Gasteiger partial charge >= 0.3 is 0 Å². The smallest absolute Gasteiger partial charge is 0.224 e. The standard InChI is InChI=1S/C14H18ClF2NO/c1-3-14(2,6-7-15)18-13(19)9-10-4-5-11(16)12(17)8-10/h4-5,8H,3,6-7,9H2,1-2H3,(H,18,19). The molecular weight excluding hydrogens is 272 g/mol. The predicted molar refractivity (Wildman–Crippen MR) is 72.2 cm³/mol. The second kappa shape index (κ2) is 6.85. The molecule has 5 heteroatoms. The molecule has 0 saturated heterocycles. The Morgan fingerprint density at radius 1 is 1.37 bits per heavy atom. The number of hydrogen-bond acceptors (Lipinski definition) is 1. The summed E-state index contributed by atoms with van der Waals surface area (Å²) in [4.78, 5) is 11.9. The van der Waals surface area contributed by atoms with Crippen LogP contribution < -0.4 is 5.32 Å². The summed E-state index contributed by atoms with van der Waals surface area (Å²) >= 11 is 5.70. The van der Waals surface area contributed by atoms with Crippen molar-refractivity contribution < 1.29 is 13.6 Å². The van der Waals surface area contributed by atoms with Gasteiger partial charge in [-0.05, 0) is 37.5 Å². The molecule has 19 heavy (non-hydrogen) atoms. The molecule has 1 aromatic rings. The summed E-state index contributed by atoms with van der Waals surface area (Å²) in [5.41, 5.74) is 0.0814. The maximum Gasteiger partial charge on any atom is 0.224 e. The van der Waals surface area contributed by atoms with Crippen molar-refractivity contribution in [3.05, 3.63) is 35.4 Å². The molecule has 2 nitrogen and oxygen atoms in total. The lowest BCUT2D eigenvalue weighted by Gasteiger charge is -2.29. The molecule has 0 aliphatic heterocycles. The van der Waals surface area contributed by atoms with E-state index in [0.29, 0.717) is 17.9 Å². The van der Waals surface area contributed by atoms with E-state index < -0.39 is 11.6 Å². The molecule has 0 spiro atoms. The first-order chi connectivity index (χ1) is 8.90. The lowest BCUT2D eigenvalue weighted by Crippen LogP contribution is -2.46. The summed E-state index contributed by atoms with van der Waals surface area (Å²) in [6, 6.07) is 3.47. The number of carbonyl (C=O) groups excluding carboxylic acids is 1. The van der Waals surface area contributed by atoms with Crippen molar-refractivity contribution in [3.63, 3.8) is 0 Å². The van der Waals surface area contributed by atoms with E-state index in [-0.39, 0.29) is 17.9 Å². The minimum atomic E-state index is -0.940. The largest absolute Gasteiger partial charge is 0.351 e. The molecule has 1 atom stereocenters. The van der Waals surface area contributed by atoms with Crippen LogP contribution in [-0.4, -0.2) is 17.3 Å². The van der Waals surface area contributed by atoms with Gasteiger partial charge in [-0.3, -0.25) is 4.79 Å². The lowest BCUT2D eigenvalue weighted by atomic mass is 9.95. The Morgan fingerprint density at radius 3 is 2.58 bits per heavy atom. The first-order valence-electron chi connectivity index (χ1n) is 6.21. The third-order valence-corrected chi connectivity index (χ3v) is 3.41. The van der Waals surface area contributed by atoms with Crippen molar-refractivity contribution in [1.29, 1.82) is 0 Å². The van der Waals surface area contributed by atoms with Crippen molar-refractivity contribution in [2.45, 2.75) is 38.6 Å². The fourth-order valence-electron chi connectivity index (χ4n) is 1.75. The number of halogens is 3. The summed E-state index contributed by atoms with van der Waals surface area (Å²) in [6.07, 6.45) is 1.44. The van der Waals surface area contributed by atoms with Gasteiger partial charge in [0.15, 0.2) is 11.6 Å². The zero-order valence-corrected chi connectivity index (χ0v) is 11.9. The van der Waals surface area contributed by atoms with Crippen LogP contribution in [0, 0.1) is 11.6 Å². The number of nitrogens with one attached hydrogen (secondary N) is 1. The number of benzene rings is 1. The number of hydrogen-bond donors (Lipinski definition) is 1. The van der Waals surface area contributed by atoms with E-state index in [4.69, 9.17) is 11.6 Å². The fourth-order valence-corrected chi connectivity index (χ4v) is 2.17. The summed E-state index contributed by atoms with van der Waals surface area (Å²) in [5.74, 6) is -1.62. The molecule has 1 amide bonds. The Kier molecular flexibility index (Phi) is 5.73. The monoisotopic (exact) mass is 289 g/mol. The molecule has 1 N–H and O–H groups in total. The van der Waals surface area contributed by atoms with Crippen molar-refractivity contribution in [3.8, 4) is 0 Å². The Bertz CT molecular complexity index is 453. The van der Waals surface area contributed by atoms with Crippen LogP contribution in [-0.2, 0) is 11.2 Å². The summed E-state index contributed by atoms with van der Waals surface area (Å²) in [7, 11) is 0. The number of rotatable bonds is 6. The Hall–Kier alpha value is -1.16. The molecule has 106 valence electrons. The van der Waals surface area contributed by atoms with Gasteiger partial charge in [-0.15, -0.1) is 11.6 Å². The quantitative estimate of drug-likeness (QED) is 0.799. The van der Waals surface area contributed by atoms with Gasteiger partial charge in [0, 0.05) is 11.4 Å². The fraction of sp³-hybridized carbons (Fsp3) is 0.500. The van der Waals surface area contributed by atoms with Crippen molar-refractivity contribution >= 4 is 17.5 Å². The van der Waals surface area contributed by atoms with E-state index in [2.05, 4.69) is 5.32 Å². The molecule has 0 aliphatic rings. The minimum Gasteiger partial charge on any atom is -0.351 e. The Balaban J connectivity index is 2.66. The molecule has 0 fully saturated rings. The second-order valence-electron chi connectivity index (χ2n) is 4.83. The average molecular weight is 290 g/mol. The third kappa shape index (κ3) is 4.78. The van der Waals surface area contributed by atoms with Gasteiger partial charge in [0.1, 0.15) is 0 Å². The first-order valence-corrected chi connectivity index (χ1v) is 6.74. The molecule has 0 bridgehead atoms. The summed E-state index contributed by atoms with van der Waals surface area (Å²) in [5, 5.41) is 2.89. The highest BCUT2D eigenvalue weighted by Crippen LogP contribution is 2.16. The molecule has 0 heterocycles. The van der Waals surface area contributed by atoms with Gasteiger partial charge in [0.25, 0.3) is 0 Å². The molecule has 0 radical (unpaired) electrons. The van der Waals surface area contributed by atoms with Crippen molar-refractivity contribution in [1.82, 2.24) is 5.32 Å². The highest BCUT2D eigenvalue weighted by molar-refractivity contribution is 6.17. The van der Waals surface area contributed by atoms with Gasteiger partial charge in [0.2, 0.25) is 5.91 Å². The summed E-state index contributed by atoms with van der Waals surface area (Å²) < 4.78 is 25.8. The van der Waals surface area contributed by atoms with E-state index in [1.165, 1.54) is 6.07 Å². The topological polar surface area (TPSA) is 29.1 Å². The normalized spacial score (nSPS) is 13.9. The molecule has 1 unspecified atom stereocenters. The molecule has 0 aliphatic carbocycles. The average Bonchev–Trinajstić information content (AvgIpc) is 2.34. The highest BCUT2D eigenvalue weighted by Gasteiger charge is 2.23. The predicted octanol–water partition coefficient (Wildman–Crippen LogP) is 3.42. The van der Waals surface area contributed by atoms with Crippen LogP contribution in [0.4, 0.5) is 8.78 Å². The van der Waals surface area contributed by atoms with Crippen LogP contribution in [0.3, 0.4) is 0 Å². The summed E-state index contributed by atoms with van der Waals surface area (Å²) in [6.45, 7) is 3.88. The zero-order valence-electron chi connectivity index (χ0n) is 11.1. The SMILES string of the molecule is CCC(C)(CCCl)NC(=O)Cc1ccc(F)c(F)c1. The van der Waals surface area contributed by atoms with Crippen LogP contribution in [0.1, 0.15) is 32.3 Å². The van der Waals surface area contributed by atoms with Crippen LogP contribution >= 0.6 is 11.6 Å². The number of carbonyl (C=O) groups is 1.